The van der Waals surface area contributed by atoms with Crippen LogP contribution in [0.5, 0.6) is 0 Å². The Kier molecular flexibility index (Phi) is 7.35. The molecule has 0 saturated carbocycles. The third kappa shape index (κ3) is 6.45. The minimum Gasteiger partial charge on any atom is -0.480 e. The van der Waals surface area contributed by atoms with E-state index in [1.807, 2.05) is 6.92 Å². The van der Waals surface area contributed by atoms with Crippen molar-refractivity contribution in [3.63, 3.8) is 0 Å². The van der Waals surface area contributed by atoms with Gasteiger partial charge in [-0.25, -0.2) is 0 Å². The normalized spacial score (nSPS) is 12.2. The number of hydrogen-bond donors (Lipinski definition) is 3. The molecule has 122 valence electrons. The van der Waals surface area contributed by atoms with Crippen LogP contribution in [0.3, 0.4) is 0 Å². The topological polar surface area (TPSA) is 78.4 Å². The van der Waals surface area contributed by atoms with Gasteiger partial charge in [-0.15, -0.1) is 0 Å². The second kappa shape index (κ2) is 8.76. The van der Waals surface area contributed by atoms with Crippen molar-refractivity contribution in [2.75, 3.05) is 11.9 Å². The van der Waals surface area contributed by atoms with Gasteiger partial charge in [0.25, 0.3) is 0 Å². The van der Waals surface area contributed by atoms with Crippen LogP contribution in [0.15, 0.2) is 18.2 Å². The Bertz CT molecular complexity index is 532. The molecular formula is C16H23ClN2O3. The fourth-order valence-corrected chi connectivity index (χ4v) is 2.08. The summed E-state index contributed by atoms with van der Waals surface area (Å²) in [6, 6.07) is 4.29. The lowest BCUT2D eigenvalue weighted by Crippen LogP contribution is -2.40. The Morgan fingerprint density at radius 3 is 2.59 bits per heavy atom. The van der Waals surface area contributed by atoms with E-state index in [0.29, 0.717) is 23.2 Å². The highest BCUT2D eigenvalue weighted by atomic mass is 35.5. The Morgan fingerprint density at radius 2 is 2.00 bits per heavy atom. The van der Waals surface area contributed by atoms with Crippen molar-refractivity contribution >= 4 is 29.2 Å². The Hall–Kier alpha value is -1.59. The number of aryl methyl sites for hydroxylation is 1. The van der Waals surface area contributed by atoms with Crippen molar-refractivity contribution in [1.29, 1.82) is 0 Å². The first-order valence-electron chi connectivity index (χ1n) is 7.31. The van der Waals surface area contributed by atoms with Gasteiger partial charge >= 0.3 is 5.97 Å². The van der Waals surface area contributed by atoms with E-state index in [4.69, 9.17) is 11.6 Å². The van der Waals surface area contributed by atoms with Crippen molar-refractivity contribution in [3.05, 3.63) is 28.8 Å². The number of benzene rings is 1. The SMILES string of the molecule is Cc1ccc(Cl)cc1NC(=O)C[C@@H](NCCC(C)C)C(=O)O. The van der Waals surface area contributed by atoms with Crippen LogP contribution < -0.4 is 10.6 Å². The lowest BCUT2D eigenvalue weighted by Gasteiger charge is -2.16. The van der Waals surface area contributed by atoms with Gasteiger partial charge in [-0.1, -0.05) is 31.5 Å². The molecule has 22 heavy (non-hydrogen) atoms. The van der Waals surface area contributed by atoms with Crippen LogP contribution in [0.25, 0.3) is 0 Å². The molecule has 1 aromatic rings. The van der Waals surface area contributed by atoms with Crippen LogP contribution in [0, 0.1) is 12.8 Å². The Labute approximate surface area is 136 Å². The molecule has 0 spiro atoms. The van der Waals surface area contributed by atoms with Gasteiger partial charge in [0.05, 0.1) is 6.42 Å². The minimum absolute atomic E-state index is 0.126. The molecule has 1 amide bonds. The first-order valence-corrected chi connectivity index (χ1v) is 7.69. The Balaban J connectivity index is 2.59. The van der Waals surface area contributed by atoms with E-state index in [-0.39, 0.29) is 12.3 Å². The summed E-state index contributed by atoms with van der Waals surface area (Å²) in [6.07, 6.45) is 0.734. The number of carboxylic acid groups (broad SMARTS) is 1. The van der Waals surface area contributed by atoms with Gasteiger partial charge in [-0.05, 0) is 43.5 Å². The highest BCUT2D eigenvalue weighted by molar-refractivity contribution is 6.31. The monoisotopic (exact) mass is 326 g/mol. The summed E-state index contributed by atoms with van der Waals surface area (Å²) < 4.78 is 0. The molecule has 0 aliphatic rings. The lowest BCUT2D eigenvalue weighted by molar-refractivity contribution is -0.141. The number of nitrogens with one attached hydrogen (secondary N) is 2. The summed E-state index contributed by atoms with van der Waals surface area (Å²) in [7, 11) is 0. The predicted octanol–water partition coefficient (Wildman–Crippen LogP) is 3.07. The third-order valence-electron chi connectivity index (χ3n) is 3.27. The number of amides is 1. The summed E-state index contributed by atoms with van der Waals surface area (Å²) in [5, 5.41) is 15.3. The molecule has 0 fully saturated rings. The predicted molar refractivity (Wildman–Crippen MR) is 88.3 cm³/mol. The molecule has 1 aromatic carbocycles. The Morgan fingerprint density at radius 1 is 1.32 bits per heavy atom. The van der Waals surface area contributed by atoms with E-state index >= 15 is 0 Å². The molecule has 0 heterocycles. The van der Waals surface area contributed by atoms with Gasteiger partial charge in [0.1, 0.15) is 6.04 Å². The maximum absolute atomic E-state index is 12.0. The summed E-state index contributed by atoms with van der Waals surface area (Å²) >= 11 is 5.90. The fourth-order valence-electron chi connectivity index (χ4n) is 1.91. The van der Waals surface area contributed by atoms with Crippen LogP contribution >= 0.6 is 11.6 Å². The molecule has 0 saturated heterocycles. The molecule has 1 atom stereocenters. The summed E-state index contributed by atoms with van der Waals surface area (Å²) in [4.78, 5) is 23.3. The van der Waals surface area contributed by atoms with Crippen molar-refractivity contribution in [3.8, 4) is 0 Å². The zero-order valence-corrected chi connectivity index (χ0v) is 13.9. The van der Waals surface area contributed by atoms with E-state index in [0.717, 1.165) is 12.0 Å². The second-order valence-electron chi connectivity index (χ2n) is 5.74. The first kappa shape index (κ1) is 18.5. The van der Waals surface area contributed by atoms with E-state index < -0.39 is 12.0 Å². The lowest BCUT2D eigenvalue weighted by atomic mass is 10.1. The average Bonchev–Trinajstić information content (AvgIpc) is 2.41. The maximum atomic E-state index is 12.0. The molecule has 0 radical (unpaired) electrons. The fraction of sp³-hybridized carbons (Fsp3) is 0.500. The van der Waals surface area contributed by atoms with Gasteiger partial charge in [-0.3, -0.25) is 9.59 Å². The van der Waals surface area contributed by atoms with Gasteiger partial charge in [0.15, 0.2) is 0 Å². The van der Waals surface area contributed by atoms with Crippen LogP contribution in [0.1, 0.15) is 32.3 Å². The van der Waals surface area contributed by atoms with E-state index in [9.17, 15) is 14.7 Å². The number of carboxylic acids is 1. The van der Waals surface area contributed by atoms with Gasteiger partial charge in [0, 0.05) is 10.7 Å². The third-order valence-corrected chi connectivity index (χ3v) is 3.51. The number of anilines is 1. The smallest absolute Gasteiger partial charge is 0.321 e. The van der Waals surface area contributed by atoms with Crippen molar-refractivity contribution < 1.29 is 14.7 Å². The first-order chi connectivity index (χ1) is 10.3. The van der Waals surface area contributed by atoms with Crippen molar-refractivity contribution in [2.24, 2.45) is 5.92 Å². The highest BCUT2D eigenvalue weighted by Gasteiger charge is 2.21. The number of carbonyl (C=O) groups is 2. The van der Waals surface area contributed by atoms with Crippen LogP contribution in [0.2, 0.25) is 5.02 Å². The summed E-state index contributed by atoms with van der Waals surface area (Å²) in [5.41, 5.74) is 1.47. The average molecular weight is 327 g/mol. The molecule has 3 N–H and O–H groups in total. The number of aliphatic carboxylic acids is 1. The summed E-state index contributed by atoms with van der Waals surface area (Å²) in [6.45, 7) is 6.54. The quantitative estimate of drug-likeness (QED) is 0.686. The van der Waals surface area contributed by atoms with Crippen molar-refractivity contribution in [2.45, 2.75) is 39.7 Å². The maximum Gasteiger partial charge on any atom is 0.321 e. The number of hydrogen-bond acceptors (Lipinski definition) is 3. The number of rotatable bonds is 8. The molecule has 0 aromatic heterocycles. The molecule has 0 unspecified atom stereocenters. The number of carbonyl (C=O) groups excluding carboxylic acids is 1. The molecule has 1 rings (SSSR count). The van der Waals surface area contributed by atoms with E-state index in [1.54, 1.807) is 18.2 Å². The second-order valence-corrected chi connectivity index (χ2v) is 6.18. The van der Waals surface area contributed by atoms with Gasteiger partial charge in [-0.2, -0.15) is 0 Å². The van der Waals surface area contributed by atoms with E-state index in [2.05, 4.69) is 24.5 Å². The molecule has 0 aliphatic heterocycles. The van der Waals surface area contributed by atoms with Gasteiger partial charge in [0.2, 0.25) is 5.91 Å². The molecule has 0 aliphatic carbocycles. The largest absolute Gasteiger partial charge is 0.480 e. The zero-order valence-electron chi connectivity index (χ0n) is 13.1. The molecule has 5 nitrogen and oxygen atoms in total. The van der Waals surface area contributed by atoms with E-state index in [1.165, 1.54) is 0 Å². The van der Waals surface area contributed by atoms with Crippen molar-refractivity contribution in [1.82, 2.24) is 5.32 Å². The standard InChI is InChI=1S/C16H23ClN2O3/c1-10(2)6-7-18-14(16(21)22)9-15(20)19-13-8-12(17)5-4-11(13)3/h4-5,8,10,14,18H,6-7,9H2,1-3H3,(H,19,20)(H,21,22)/t14-/m1/s1. The molecule has 6 heteroatoms. The highest BCUT2D eigenvalue weighted by Crippen LogP contribution is 2.20. The molecular weight excluding hydrogens is 304 g/mol. The summed E-state index contributed by atoms with van der Waals surface area (Å²) in [5.74, 6) is -0.901. The minimum atomic E-state index is -1.03. The van der Waals surface area contributed by atoms with Crippen LogP contribution in [-0.4, -0.2) is 29.6 Å². The van der Waals surface area contributed by atoms with Crippen LogP contribution in [-0.2, 0) is 9.59 Å². The zero-order chi connectivity index (χ0) is 16.7. The number of halogens is 1. The van der Waals surface area contributed by atoms with Crippen LogP contribution in [0.4, 0.5) is 5.69 Å². The van der Waals surface area contributed by atoms with Gasteiger partial charge < -0.3 is 15.7 Å². The molecule has 0 bridgehead atoms.